The summed E-state index contributed by atoms with van der Waals surface area (Å²) in [7, 11) is 0. The Hall–Kier alpha value is -1.38. The highest BCUT2D eigenvalue weighted by molar-refractivity contribution is 6.32. The monoisotopic (exact) mass is 338 g/mol. The highest BCUT2D eigenvalue weighted by Gasteiger charge is 2.18. The van der Waals surface area contributed by atoms with Crippen LogP contribution in [0.5, 0.6) is 11.5 Å². The molecule has 0 aliphatic carbocycles. The molecule has 0 amide bonds. The molecule has 22 heavy (non-hydrogen) atoms. The third kappa shape index (κ3) is 3.34. The van der Waals surface area contributed by atoms with Gasteiger partial charge in [0.25, 0.3) is 0 Å². The lowest BCUT2D eigenvalue weighted by molar-refractivity contribution is 0.470. The number of benzene rings is 2. The van der Waals surface area contributed by atoms with Crippen molar-refractivity contribution in [2.75, 3.05) is 0 Å². The van der Waals surface area contributed by atoms with Gasteiger partial charge in [0.1, 0.15) is 11.5 Å². The number of phenolic OH excluding ortho intramolecular Hbond substituents is 2. The van der Waals surface area contributed by atoms with Crippen LogP contribution >= 0.6 is 23.2 Å². The van der Waals surface area contributed by atoms with E-state index < -0.39 is 0 Å². The number of rotatable bonds is 4. The van der Waals surface area contributed by atoms with Crippen LogP contribution in [0.25, 0.3) is 0 Å². The average molecular weight is 339 g/mol. The Balaban J connectivity index is 2.56. The van der Waals surface area contributed by atoms with E-state index in [1.165, 1.54) is 0 Å². The van der Waals surface area contributed by atoms with Gasteiger partial charge in [-0.3, -0.25) is 0 Å². The topological polar surface area (TPSA) is 40.5 Å². The summed E-state index contributed by atoms with van der Waals surface area (Å²) in [6, 6.07) is 7.52. The van der Waals surface area contributed by atoms with E-state index in [1.807, 2.05) is 26.0 Å². The van der Waals surface area contributed by atoms with Crippen LogP contribution in [-0.2, 0) is 0 Å². The van der Waals surface area contributed by atoms with Gasteiger partial charge in [-0.1, -0.05) is 48.7 Å². The molecule has 0 aliphatic rings. The standard InChI is InChI=1S/C18H20Cl2O2/c1-4-5-14(12-6-10(2)17(21)15(19)8-12)13-7-11(3)18(22)16(20)9-13/h6-9,14,21-22H,4-5H2,1-3H3. The molecule has 0 aliphatic heterocycles. The zero-order valence-corrected chi connectivity index (χ0v) is 14.5. The lowest BCUT2D eigenvalue weighted by atomic mass is 9.86. The van der Waals surface area contributed by atoms with Crippen molar-refractivity contribution >= 4 is 23.2 Å². The first-order chi connectivity index (χ1) is 10.3. The van der Waals surface area contributed by atoms with Crippen LogP contribution in [0.15, 0.2) is 24.3 Å². The normalized spacial score (nSPS) is 11.2. The molecule has 2 aromatic carbocycles. The molecule has 0 fully saturated rings. The molecule has 0 saturated heterocycles. The van der Waals surface area contributed by atoms with Gasteiger partial charge in [0, 0.05) is 5.92 Å². The largest absolute Gasteiger partial charge is 0.506 e. The van der Waals surface area contributed by atoms with Gasteiger partial charge in [0.05, 0.1) is 10.0 Å². The average Bonchev–Trinajstić information content (AvgIpc) is 2.47. The van der Waals surface area contributed by atoms with Crippen LogP contribution in [0.1, 0.15) is 47.9 Å². The maximum Gasteiger partial charge on any atom is 0.137 e. The van der Waals surface area contributed by atoms with Crippen LogP contribution < -0.4 is 0 Å². The number of phenols is 2. The molecule has 0 saturated carbocycles. The van der Waals surface area contributed by atoms with Crippen molar-refractivity contribution in [3.05, 3.63) is 56.6 Å². The van der Waals surface area contributed by atoms with Crippen molar-refractivity contribution in [3.63, 3.8) is 0 Å². The number of hydrogen-bond donors (Lipinski definition) is 2. The Morgan fingerprint density at radius 1 is 0.864 bits per heavy atom. The summed E-state index contributed by atoms with van der Waals surface area (Å²) in [5, 5.41) is 20.4. The first-order valence-electron chi connectivity index (χ1n) is 7.33. The number of aryl methyl sites for hydroxylation is 2. The molecule has 118 valence electrons. The third-order valence-electron chi connectivity index (χ3n) is 3.93. The predicted octanol–water partition coefficient (Wildman–Crippen LogP) is 5.95. The van der Waals surface area contributed by atoms with E-state index in [-0.39, 0.29) is 17.4 Å². The molecule has 0 atom stereocenters. The lowest BCUT2D eigenvalue weighted by Crippen LogP contribution is -2.02. The fourth-order valence-electron chi connectivity index (χ4n) is 2.74. The van der Waals surface area contributed by atoms with E-state index in [1.54, 1.807) is 12.1 Å². The number of hydrogen-bond acceptors (Lipinski definition) is 2. The molecule has 4 heteroatoms. The summed E-state index contributed by atoms with van der Waals surface area (Å²) < 4.78 is 0. The van der Waals surface area contributed by atoms with Gasteiger partial charge in [-0.25, -0.2) is 0 Å². The zero-order chi connectivity index (χ0) is 16.4. The summed E-state index contributed by atoms with van der Waals surface area (Å²) >= 11 is 12.2. The highest BCUT2D eigenvalue weighted by atomic mass is 35.5. The Kier molecular flexibility index (Phi) is 5.25. The Morgan fingerprint density at radius 3 is 1.59 bits per heavy atom. The van der Waals surface area contributed by atoms with E-state index >= 15 is 0 Å². The molecule has 2 rings (SSSR count). The zero-order valence-electron chi connectivity index (χ0n) is 13.0. The summed E-state index contributed by atoms with van der Waals surface area (Å²) in [6.07, 6.45) is 1.93. The fraction of sp³-hybridized carbons (Fsp3) is 0.333. The van der Waals surface area contributed by atoms with Crippen molar-refractivity contribution in [2.45, 2.75) is 39.5 Å². The number of aromatic hydroxyl groups is 2. The van der Waals surface area contributed by atoms with Crippen LogP contribution in [0.2, 0.25) is 10.0 Å². The quantitative estimate of drug-likeness (QED) is 0.722. The van der Waals surface area contributed by atoms with Crippen LogP contribution in [0.3, 0.4) is 0 Å². The smallest absolute Gasteiger partial charge is 0.137 e. The first-order valence-corrected chi connectivity index (χ1v) is 8.08. The maximum atomic E-state index is 9.85. The van der Waals surface area contributed by atoms with Crippen molar-refractivity contribution in [1.29, 1.82) is 0 Å². The summed E-state index contributed by atoms with van der Waals surface area (Å²) in [6.45, 7) is 5.79. The van der Waals surface area contributed by atoms with Crippen molar-refractivity contribution in [3.8, 4) is 11.5 Å². The first kappa shape index (κ1) is 17.0. The molecule has 0 bridgehead atoms. The molecule has 0 unspecified atom stereocenters. The predicted molar refractivity (Wildman–Crippen MR) is 92.5 cm³/mol. The highest BCUT2D eigenvalue weighted by Crippen LogP contribution is 2.39. The second-order valence-corrected chi connectivity index (χ2v) is 6.49. The molecule has 0 radical (unpaired) electrons. The minimum Gasteiger partial charge on any atom is -0.506 e. The molecule has 2 nitrogen and oxygen atoms in total. The van der Waals surface area contributed by atoms with Gasteiger partial charge in [0.2, 0.25) is 0 Å². The summed E-state index contributed by atoms with van der Waals surface area (Å²) in [5.74, 6) is 0.375. The molecular formula is C18H20Cl2O2. The molecule has 2 N–H and O–H groups in total. The molecule has 0 spiro atoms. The Morgan fingerprint density at radius 2 is 1.27 bits per heavy atom. The van der Waals surface area contributed by atoms with Crippen LogP contribution in [0, 0.1) is 13.8 Å². The van der Waals surface area contributed by atoms with E-state index in [2.05, 4.69) is 6.92 Å². The number of halogens is 2. The Bertz CT molecular complexity index is 592. The molecule has 2 aromatic rings. The Labute approximate surface area is 141 Å². The maximum absolute atomic E-state index is 9.85. The molecule has 0 heterocycles. The van der Waals surface area contributed by atoms with Crippen molar-refractivity contribution in [1.82, 2.24) is 0 Å². The van der Waals surface area contributed by atoms with E-state index in [9.17, 15) is 10.2 Å². The second kappa shape index (κ2) is 6.80. The fourth-order valence-corrected chi connectivity index (χ4v) is 3.29. The molecule has 0 aromatic heterocycles. The van der Waals surface area contributed by atoms with Crippen LogP contribution in [0.4, 0.5) is 0 Å². The summed E-state index contributed by atoms with van der Waals surface area (Å²) in [5.41, 5.74) is 3.60. The van der Waals surface area contributed by atoms with Gasteiger partial charge in [0.15, 0.2) is 0 Å². The minimum absolute atomic E-state index is 0.124. The van der Waals surface area contributed by atoms with Gasteiger partial charge in [-0.2, -0.15) is 0 Å². The van der Waals surface area contributed by atoms with E-state index in [0.717, 1.165) is 35.1 Å². The van der Waals surface area contributed by atoms with Crippen molar-refractivity contribution < 1.29 is 10.2 Å². The molecular weight excluding hydrogens is 319 g/mol. The minimum atomic E-state index is 0.124. The van der Waals surface area contributed by atoms with Crippen LogP contribution in [-0.4, -0.2) is 10.2 Å². The second-order valence-electron chi connectivity index (χ2n) is 5.68. The lowest BCUT2D eigenvalue weighted by Gasteiger charge is -2.20. The van der Waals surface area contributed by atoms with E-state index in [0.29, 0.717) is 10.0 Å². The van der Waals surface area contributed by atoms with Gasteiger partial charge in [-0.05, 0) is 54.7 Å². The van der Waals surface area contributed by atoms with E-state index in [4.69, 9.17) is 23.2 Å². The van der Waals surface area contributed by atoms with Gasteiger partial charge < -0.3 is 10.2 Å². The van der Waals surface area contributed by atoms with Crippen molar-refractivity contribution in [2.24, 2.45) is 0 Å². The third-order valence-corrected chi connectivity index (χ3v) is 4.51. The van der Waals surface area contributed by atoms with Gasteiger partial charge in [-0.15, -0.1) is 0 Å². The van der Waals surface area contributed by atoms with Gasteiger partial charge >= 0.3 is 0 Å². The SMILES string of the molecule is CCCC(c1cc(C)c(O)c(Cl)c1)c1cc(C)c(O)c(Cl)c1. The summed E-state index contributed by atoms with van der Waals surface area (Å²) in [4.78, 5) is 0.